The first kappa shape index (κ1) is 19.1. The maximum absolute atomic E-state index is 12.8. The van der Waals surface area contributed by atoms with E-state index in [2.05, 4.69) is 15.4 Å². The number of rotatable bonds is 3. The number of carbonyl (C=O) groups is 2. The van der Waals surface area contributed by atoms with Crippen LogP contribution in [0.2, 0.25) is 5.02 Å². The molecule has 0 unspecified atom stereocenters. The zero-order valence-electron chi connectivity index (χ0n) is 16.4. The molecule has 0 bridgehead atoms. The van der Waals surface area contributed by atoms with Crippen LogP contribution in [0.3, 0.4) is 0 Å². The van der Waals surface area contributed by atoms with E-state index in [9.17, 15) is 9.59 Å². The van der Waals surface area contributed by atoms with Gasteiger partial charge in [0, 0.05) is 30.5 Å². The summed E-state index contributed by atoms with van der Waals surface area (Å²) in [4.78, 5) is 30.7. The largest absolute Gasteiger partial charge is 0.321 e. The normalized spacial score (nSPS) is 12.8. The first-order valence-corrected chi connectivity index (χ1v) is 9.64. The van der Waals surface area contributed by atoms with E-state index >= 15 is 0 Å². The maximum Gasteiger partial charge on any atom is 0.275 e. The van der Waals surface area contributed by atoms with Gasteiger partial charge in [0.15, 0.2) is 5.82 Å². The van der Waals surface area contributed by atoms with E-state index in [0.29, 0.717) is 18.1 Å². The number of anilines is 2. The standard InChI is InChI=1S/C21H20ClN5O2/c1-12-10-13(2)27(25-12)19-7-5-17(22)20(24-19)21(29)23-16-4-6-18-15(11-16)8-9-26(18)14(3)28/h4-7,10-11H,8-9H2,1-3H3,(H,23,29). The lowest BCUT2D eigenvalue weighted by Gasteiger charge is -2.15. The van der Waals surface area contributed by atoms with Crippen LogP contribution < -0.4 is 10.2 Å². The number of fused-ring (bicyclic) bond motifs is 1. The number of nitrogens with zero attached hydrogens (tertiary/aromatic N) is 4. The predicted octanol–water partition coefficient (Wildman–Crippen LogP) is 3.70. The van der Waals surface area contributed by atoms with E-state index in [1.165, 1.54) is 0 Å². The molecular formula is C21H20ClN5O2. The van der Waals surface area contributed by atoms with Crippen molar-refractivity contribution in [3.8, 4) is 5.82 Å². The van der Waals surface area contributed by atoms with Crippen molar-refractivity contribution in [2.75, 3.05) is 16.8 Å². The van der Waals surface area contributed by atoms with E-state index < -0.39 is 5.91 Å². The minimum Gasteiger partial charge on any atom is -0.321 e. The van der Waals surface area contributed by atoms with Gasteiger partial charge in [-0.1, -0.05) is 11.6 Å². The van der Waals surface area contributed by atoms with E-state index in [0.717, 1.165) is 29.1 Å². The zero-order valence-corrected chi connectivity index (χ0v) is 17.1. The number of hydrogen-bond acceptors (Lipinski definition) is 4. The molecule has 0 fully saturated rings. The number of pyridine rings is 1. The SMILES string of the molecule is CC(=O)N1CCc2cc(NC(=O)c3nc(-n4nc(C)cc4C)ccc3Cl)ccc21. The van der Waals surface area contributed by atoms with Crippen molar-refractivity contribution in [2.24, 2.45) is 0 Å². The summed E-state index contributed by atoms with van der Waals surface area (Å²) < 4.78 is 1.67. The molecule has 0 aliphatic carbocycles. The summed E-state index contributed by atoms with van der Waals surface area (Å²) in [6.45, 7) is 6.02. The van der Waals surface area contributed by atoms with Gasteiger partial charge in [0.25, 0.3) is 5.91 Å². The van der Waals surface area contributed by atoms with Gasteiger partial charge in [0.1, 0.15) is 5.69 Å². The summed E-state index contributed by atoms with van der Waals surface area (Å²) >= 11 is 6.24. The Bertz CT molecular complexity index is 1140. The summed E-state index contributed by atoms with van der Waals surface area (Å²) in [7, 11) is 0. The van der Waals surface area contributed by atoms with Gasteiger partial charge in [0.2, 0.25) is 5.91 Å². The van der Waals surface area contributed by atoms with Crippen LogP contribution in [0, 0.1) is 13.8 Å². The number of halogens is 1. The highest BCUT2D eigenvalue weighted by Crippen LogP contribution is 2.31. The lowest BCUT2D eigenvalue weighted by molar-refractivity contribution is -0.116. The first-order chi connectivity index (χ1) is 13.8. The van der Waals surface area contributed by atoms with E-state index in [1.54, 1.807) is 34.7 Å². The van der Waals surface area contributed by atoms with Crippen LogP contribution in [0.4, 0.5) is 11.4 Å². The lowest BCUT2D eigenvalue weighted by atomic mass is 10.1. The molecule has 1 N–H and O–H groups in total. The number of aryl methyl sites for hydroxylation is 2. The van der Waals surface area contributed by atoms with Crippen molar-refractivity contribution in [3.05, 3.63) is 64.1 Å². The van der Waals surface area contributed by atoms with Gasteiger partial charge in [-0.05, 0) is 62.2 Å². The predicted molar refractivity (Wildman–Crippen MR) is 112 cm³/mol. The molecule has 0 radical (unpaired) electrons. The second-order valence-corrected chi connectivity index (χ2v) is 7.46. The third-order valence-corrected chi connectivity index (χ3v) is 5.19. The summed E-state index contributed by atoms with van der Waals surface area (Å²) in [6, 6.07) is 10.8. The molecule has 148 valence electrons. The lowest BCUT2D eigenvalue weighted by Crippen LogP contribution is -2.25. The third-order valence-electron chi connectivity index (χ3n) is 4.89. The van der Waals surface area contributed by atoms with Gasteiger partial charge < -0.3 is 10.2 Å². The number of aromatic nitrogens is 3. The average molecular weight is 410 g/mol. The van der Waals surface area contributed by atoms with Gasteiger partial charge in [-0.25, -0.2) is 9.67 Å². The van der Waals surface area contributed by atoms with Crippen LogP contribution in [0.1, 0.15) is 34.4 Å². The number of carbonyl (C=O) groups excluding carboxylic acids is 2. The molecule has 0 saturated heterocycles. The Morgan fingerprint density at radius 3 is 2.62 bits per heavy atom. The Balaban J connectivity index is 1.60. The van der Waals surface area contributed by atoms with Gasteiger partial charge in [-0.3, -0.25) is 9.59 Å². The molecule has 1 aromatic carbocycles. The fourth-order valence-electron chi connectivity index (χ4n) is 3.57. The molecule has 1 aliphatic rings. The van der Waals surface area contributed by atoms with E-state index in [4.69, 9.17) is 11.6 Å². The Kier molecular flexibility index (Phi) is 4.84. The van der Waals surface area contributed by atoms with Crippen LogP contribution in [0.5, 0.6) is 0 Å². The maximum atomic E-state index is 12.8. The summed E-state index contributed by atoms with van der Waals surface area (Å²) in [5, 5.41) is 7.52. The van der Waals surface area contributed by atoms with Crippen molar-refractivity contribution >= 4 is 34.8 Å². The highest BCUT2D eigenvalue weighted by Gasteiger charge is 2.23. The van der Waals surface area contributed by atoms with Crippen LogP contribution in [-0.4, -0.2) is 33.1 Å². The summed E-state index contributed by atoms with van der Waals surface area (Å²) in [6.07, 6.45) is 0.755. The Hall–Kier alpha value is -3.19. The Labute approximate surface area is 173 Å². The van der Waals surface area contributed by atoms with E-state index in [-0.39, 0.29) is 16.6 Å². The molecule has 7 nitrogen and oxygen atoms in total. The number of hydrogen-bond donors (Lipinski definition) is 1. The molecule has 4 rings (SSSR count). The highest BCUT2D eigenvalue weighted by atomic mass is 35.5. The molecule has 0 atom stereocenters. The monoisotopic (exact) mass is 409 g/mol. The number of amides is 2. The van der Waals surface area contributed by atoms with Gasteiger partial charge in [-0.2, -0.15) is 5.10 Å². The molecular weight excluding hydrogens is 390 g/mol. The minimum absolute atomic E-state index is 0.0116. The number of nitrogens with one attached hydrogen (secondary N) is 1. The highest BCUT2D eigenvalue weighted by molar-refractivity contribution is 6.34. The quantitative estimate of drug-likeness (QED) is 0.715. The fraction of sp³-hybridized carbons (Fsp3) is 0.238. The third kappa shape index (κ3) is 3.61. The van der Waals surface area contributed by atoms with Crippen molar-refractivity contribution in [3.63, 3.8) is 0 Å². The molecule has 3 aromatic rings. The van der Waals surface area contributed by atoms with Gasteiger partial charge >= 0.3 is 0 Å². The van der Waals surface area contributed by atoms with Crippen LogP contribution >= 0.6 is 11.6 Å². The molecule has 3 heterocycles. The van der Waals surface area contributed by atoms with Gasteiger partial charge in [-0.15, -0.1) is 0 Å². The summed E-state index contributed by atoms with van der Waals surface area (Å²) in [5.41, 5.74) is 4.45. The number of benzene rings is 1. The molecule has 2 aromatic heterocycles. The Morgan fingerprint density at radius 1 is 1.14 bits per heavy atom. The summed E-state index contributed by atoms with van der Waals surface area (Å²) in [5.74, 6) is 0.133. The van der Waals surface area contributed by atoms with Gasteiger partial charge in [0.05, 0.1) is 10.7 Å². The molecule has 8 heteroatoms. The molecule has 0 saturated carbocycles. The van der Waals surface area contributed by atoms with Crippen molar-refractivity contribution in [1.82, 2.24) is 14.8 Å². The molecule has 2 amide bonds. The van der Waals surface area contributed by atoms with Crippen LogP contribution in [0.25, 0.3) is 5.82 Å². The van der Waals surface area contributed by atoms with Crippen LogP contribution in [-0.2, 0) is 11.2 Å². The van der Waals surface area contributed by atoms with E-state index in [1.807, 2.05) is 32.0 Å². The molecule has 29 heavy (non-hydrogen) atoms. The molecule has 0 spiro atoms. The molecule has 1 aliphatic heterocycles. The van der Waals surface area contributed by atoms with Crippen molar-refractivity contribution in [1.29, 1.82) is 0 Å². The fourth-order valence-corrected chi connectivity index (χ4v) is 3.76. The second-order valence-electron chi connectivity index (χ2n) is 7.06. The topological polar surface area (TPSA) is 80.1 Å². The van der Waals surface area contributed by atoms with Crippen molar-refractivity contribution in [2.45, 2.75) is 27.2 Å². The second kappa shape index (κ2) is 7.33. The minimum atomic E-state index is -0.403. The first-order valence-electron chi connectivity index (χ1n) is 9.26. The average Bonchev–Trinajstić information content (AvgIpc) is 3.24. The zero-order chi connectivity index (χ0) is 20.7. The Morgan fingerprint density at radius 2 is 1.93 bits per heavy atom. The smallest absolute Gasteiger partial charge is 0.275 e. The van der Waals surface area contributed by atoms with Crippen molar-refractivity contribution < 1.29 is 9.59 Å². The van der Waals surface area contributed by atoms with Crippen LogP contribution in [0.15, 0.2) is 36.4 Å².